The van der Waals surface area contributed by atoms with Gasteiger partial charge < -0.3 is 10.1 Å². The van der Waals surface area contributed by atoms with Gasteiger partial charge >= 0.3 is 0 Å². The highest BCUT2D eigenvalue weighted by atomic mass is 79.9. The van der Waals surface area contributed by atoms with Crippen LogP contribution in [0.25, 0.3) is 5.69 Å². The van der Waals surface area contributed by atoms with Crippen LogP contribution in [-0.2, 0) is 11.5 Å². The van der Waals surface area contributed by atoms with Gasteiger partial charge in [-0.1, -0.05) is 18.2 Å². The monoisotopic (exact) mass is 443 g/mol. The lowest BCUT2D eigenvalue weighted by molar-refractivity contribution is 0.102. The van der Waals surface area contributed by atoms with Crippen LogP contribution in [0, 0.1) is 6.92 Å². The molecule has 0 bridgehead atoms. The quantitative estimate of drug-likeness (QED) is 0.619. The third kappa shape index (κ3) is 3.37. The second-order valence-corrected chi connectivity index (χ2v) is 8.10. The maximum absolute atomic E-state index is 13.0. The smallest absolute Gasteiger partial charge is 0.258 e. The summed E-state index contributed by atoms with van der Waals surface area (Å²) in [6, 6.07) is 13.4. The average Bonchev–Trinajstić information content (AvgIpc) is 3.25. The zero-order chi connectivity index (χ0) is 19.0. The number of carbonyl (C=O) groups excluding carboxylic acids is 1. The minimum Gasteiger partial charge on any atom is -0.497 e. The summed E-state index contributed by atoms with van der Waals surface area (Å²) in [5.74, 6) is 2.88. The molecule has 2 heterocycles. The lowest BCUT2D eigenvalue weighted by Crippen LogP contribution is -2.17. The Morgan fingerprint density at radius 1 is 1.26 bits per heavy atom. The number of amides is 1. The van der Waals surface area contributed by atoms with Crippen molar-refractivity contribution in [1.82, 2.24) is 9.78 Å². The second-order valence-electron chi connectivity index (χ2n) is 6.26. The first kappa shape index (κ1) is 18.1. The Morgan fingerprint density at radius 2 is 2.07 bits per heavy atom. The van der Waals surface area contributed by atoms with Crippen molar-refractivity contribution in [2.75, 3.05) is 12.4 Å². The van der Waals surface area contributed by atoms with Gasteiger partial charge in [-0.3, -0.25) is 4.79 Å². The molecule has 0 saturated heterocycles. The number of aryl methyl sites for hydroxylation is 1. The Balaban J connectivity index is 1.76. The van der Waals surface area contributed by atoms with E-state index in [9.17, 15) is 4.79 Å². The number of nitrogens with one attached hydrogen (secondary N) is 1. The van der Waals surface area contributed by atoms with Gasteiger partial charge in [-0.15, -0.1) is 0 Å². The highest BCUT2D eigenvalue weighted by Crippen LogP contribution is 2.37. The Kier molecular flexibility index (Phi) is 4.97. The molecular formula is C20H18BrN3O2S. The number of thioether (sulfide) groups is 1. The van der Waals surface area contributed by atoms with Crippen LogP contribution in [0.3, 0.4) is 0 Å². The van der Waals surface area contributed by atoms with Gasteiger partial charge in [0.05, 0.1) is 24.1 Å². The molecule has 2 aromatic carbocycles. The molecule has 1 N–H and O–H groups in total. The SMILES string of the molecule is COc1ccc(Br)c(C(=O)Nc2c3c(nn2-c2ccccc2C)CSC3)c1. The lowest BCUT2D eigenvalue weighted by Gasteiger charge is -2.14. The fourth-order valence-corrected chi connectivity index (χ4v) is 4.56. The van der Waals surface area contributed by atoms with E-state index in [4.69, 9.17) is 9.84 Å². The normalized spacial score (nSPS) is 12.7. The highest BCUT2D eigenvalue weighted by molar-refractivity contribution is 9.10. The van der Waals surface area contributed by atoms with Crippen molar-refractivity contribution >= 4 is 39.4 Å². The molecule has 0 fully saturated rings. The van der Waals surface area contributed by atoms with Gasteiger partial charge in [-0.2, -0.15) is 16.9 Å². The molecule has 138 valence electrons. The number of benzene rings is 2. The Bertz CT molecular complexity index is 1030. The maximum Gasteiger partial charge on any atom is 0.258 e. The molecule has 0 spiro atoms. The predicted molar refractivity (Wildman–Crippen MR) is 112 cm³/mol. The van der Waals surface area contributed by atoms with E-state index >= 15 is 0 Å². The number of fused-ring (bicyclic) bond motifs is 1. The standard InChI is InChI=1S/C20H18BrN3O2S/c1-12-5-3-4-6-18(12)24-19(15-10-27-11-17(15)23-24)22-20(25)14-9-13(26-2)7-8-16(14)21/h3-9H,10-11H2,1-2H3,(H,22,25). The molecule has 27 heavy (non-hydrogen) atoms. The Hall–Kier alpha value is -2.25. The number of methoxy groups -OCH3 is 1. The first-order valence-electron chi connectivity index (χ1n) is 8.48. The number of hydrogen-bond acceptors (Lipinski definition) is 4. The largest absolute Gasteiger partial charge is 0.497 e. The zero-order valence-electron chi connectivity index (χ0n) is 15.0. The van der Waals surface area contributed by atoms with E-state index < -0.39 is 0 Å². The first-order chi connectivity index (χ1) is 13.1. The first-order valence-corrected chi connectivity index (χ1v) is 10.4. The van der Waals surface area contributed by atoms with Crippen molar-refractivity contribution in [3.05, 3.63) is 69.3 Å². The molecule has 1 aliphatic rings. The number of ether oxygens (including phenoxy) is 1. The topological polar surface area (TPSA) is 56.1 Å². The molecule has 3 aromatic rings. The van der Waals surface area contributed by atoms with E-state index in [2.05, 4.69) is 21.2 Å². The van der Waals surface area contributed by atoms with Gasteiger partial charge in [0.2, 0.25) is 0 Å². The van der Waals surface area contributed by atoms with Crippen LogP contribution in [0.2, 0.25) is 0 Å². The third-order valence-corrected chi connectivity index (χ3v) is 6.21. The minimum atomic E-state index is -0.199. The Morgan fingerprint density at radius 3 is 2.85 bits per heavy atom. The third-order valence-electron chi connectivity index (χ3n) is 4.55. The molecule has 4 rings (SSSR count). The van der Waals surface area contributed by atoms with Crippen molar-refractivity contribution in [1.29, 1.82) is 0 Å². The minimum absolute atomic E-state index is 0.199. The van der Waals surface area contributed by atoms with Gasteiger partial charge in [-0.05, 0) is 52.7 Å². The molecule has 0 radical (unpaired) electrons. The second kappa shape index (κ2) is 7.40. The molecule has 0 aliphatic carbocycles. The number of anilines is 1. The highest BCUT2D eigenvalue weighted by Gasteiger charge is 2.26. The number of nitrogens with zero attached hydrogens (tertiary/aromatic N) is 2. The van der Waals surface area contributed by atoms with E-state index in [1.54, 1.807) is 13.2 Å². The fraction of sp³-hybridized carbons (Fsp3) is 0.200. The van der Waals surface area contributed by atoms with Gasteiger partial charge in [0.25, 0.3) is 5.91 Å². The number of para-hydroxylation sites is 1. The zero-order valence-corrected chi connectivity index (χ0v) is 17.4. The van der Waals surface area contributed by atoms with Crippen LogP contribution in [0.4, 0.5) is 5.82 Å². The molecule has 1 amide bonds. The van der Waals surface area contributed by atoms with Gasteiger partial charge in [-0.25, -0.2) is 4.68 Å². The van der Waals surface area contributed by atoms with Crippen molar-refractivity contribution in [3.8, 4) is 11.4 Å². The molecule has 7 heteroatoms. The van der Waals surface area contributed by atoms with Crippen LogP contribution in [0.1, 0.15) is 27.2 Å². The van der Waals surface area contributed by atoms with Gasteiger partial charge in [0.15, 0.2) is 0 Å². The molecule has 1 aliphatic heterocycles. The Labute approximate surface area is 170 Å². The summed E-state index contributed by atoms with van der Waals surface area (Å²) >= 11 is 5.27. The molecule has 0 atom stereocenters. The maximum atomic E-state index is 13.0. The summed E-state index contributed by atoms with van der Waals surface area (Å²) in [7, 11) is 1.59. The van der Waals surface area contributed by atoms with Crippen LogP contribution in [0.5, 0.6) is 5.75 Å². The van der Waals surface area contributed by atoms with Crippen molar-refractivity contribution in [2.45, 2.75) is 18.4 Å². The molecule has 0 unspecified atom stereocenters. The summed E-state index contributed by atoms with van der Waals surface area (Å²) in [6.45, 7) is 2.04. The number of hydrogen-bond donors (Lipinski definition) is 1. The molecule has 5 nitrogen and oxygen atoms in total. The van der Waals surface area contributed by atoms with E-state index in [0.29, 0.717) is 15.8 Å². The van der Waals surface area contributed by atoms with Crippen molar-refractivity contribution in [2.24, 2.45) is 0 Å². The van der Waals surface area contributed by atoms with E-state index in [-0.39, 0.29) is 5.91 Å². The molecule has 1 aromatic heterocycles. The lowest BCUT2D eigenvalue weighted by atomic mass is 10.2. The molecule has 0 saturated carbocycles. The van der Waals surface area contributed by atoms with E-state index in [1.807, 2.05) is 59.8 Å². The van der Waals surface area contributed by atoms with Crippen molar-refractivity contribution < 1.29 is 9.53 Å². The fourth-order valence-electron chi connectivity index (χ4n) is 3.10. The summed E-state index contributed by atoms with van der Waals surface area (Å²) in [6.07, 6.45) is 0. The van der Waals surface area contributed by atoms with Crippen molar-refractivity contribution in [3.63, 3.8) is 0 Å². The summed E-state index contributed by atoms with van der Waals surface area (Å²) in [5, 5.41) is 7.86. The van der Waals surface area contributed by atoms with Crippen LogP contribution in [-0.4, -0.2) is 22.8 Å². The number of carbonyl (C=O) groups is 1. The summed E-state index contributed by atoms with van der Waals surface area (Å²) in [5.41, 5.74) is 4.71. The summed E-state index contributed by atoms with van der Waals surface area (Å²) < 4.78 is 7.83. The number of halogens is 1. The van der Waals surface area contributed by atoms with Crippen LogP contribution < -0.4 is 10.1 Å². The van der Waals surface area contributed by atoms with Gasteiger partial charge in [0.1, 0.15) is 11.6 Å². The summed E-state index contributed by atoms with van der Waals surface area (Å²) in [4.78, 5) is 13.0. The number of rotatable bonds is 4. The van der Waals surface area contributed by atoms with Gasteiger partial charge in [0, 0.05) is 21.5 Å². The van der Waals surface area contributed by atoms with Crippen LogP contribution >= 0.6 is 27.7 Å². The average molecular weight is 444 g/mol. The van der Waals surface area contributed by atoms with Crippen LogP contribution in [0.15, 0.2) is 46.9 Å². The predicted octanol–water partition coefficient (Wildman–Crippen LogP) is 4.95. The molecular weight excluding hydrogens is 426 g/mol. The number of aromatic nitrogens is 2. The van der Waals surface area contributed by atoms with E-state index in [1.165, 1.54) is 0 Å². The van der Waals surface area contributed by atoms with E-state index in [0.717, 1.165) is 39.8 Å².